The first-order chi connectivity index (χ1) is 4.12. The van der Waals surface area contributed by atoms with Gasteiger partial charge in [-0.05, 0) is 0 Å². The Morgan fingerprint density at radius 2 is 2.22 bits per heavy atom. The second kappa shape index (κ2) is 3.37. The van der Waals surface area contributed by atoms with Crippen LogP contribution in [-0.4, -0.2) is 18.9 Å². The molecule has 0 bridgehead atoms. The Bertz CT molecular complexity index is 95.0. The van der Waals surface area contributed by atoms with Gasteiger partial charge in [0.15, 0.2) is 0 Å². The Kier molecular flexibility index (Phi) is 3.12. The van der Waals surface area contributed by atoms with Gasteiger partial charge in [-0.3, -0.25) is 4.79 Å². The van der Waals surface area contributed by atoms with Crippen LogP contribution in [0.5, 0.6) is 0 Å². The molecule has 1 N–H and O–H groups in total. The maximum atomic E-state index is 12.1. The van der Waals surface area contributed by atoms with Gasteiger partial charge in [0.05, 0.1) is 6.54 Å². The number of amides is 1. The largest absolute Gasteiger partial charge is 0.353 e. The van der Waals surface area contributed by atoms with Gasteiger partial charge in [0.25, 0.3) is 5.92 Å². The highest BCUT2D eigenvalue weighted by Crippen LogP contribution is 2.15. The number of nitrogens with one attached hydrogen (secondary N) is 1. The summed E-state index contributed by atoms with van der Waals surface area (Å²) in [5.41, 5.74) is 0. The molecule has 0 rings (SSSR count). The molecule has 0 atom stereocenters. The summed E-state index contributed by atoms with van der Waals surface area (Å²) in [6.45, 7) is 0.805. The molecule has 0 saturated carbocycles. The first-order valence-electron chi connectivity index (χ1n) is 2.67. The normalized spacial score (nSPS) is 11.0. The summed E-state index contributed by atoms with van der Waals surface area (Å²) in [6, 6.07) is 0. The molecule has 0 saturated heterocycles. The van der Waals surface area contributed by atoms with Gasteiger partial charge < -0.3 is 5.32 Å². The summed E-state index contributed by atoms with van der Waals surface area (Å²) in [7, 11) is 0. The molecule has 54 valence electrons. The van der Waals surface area contributed by atoms with Crippen LogP contribution in [0.15, 0.2) is 0 Å². The molecule has 0 aromatic rings. The molecule has 4 heteroatoms. The van der Waals surface area contributed by atoms with E-state index in [2.05, 4.69) is 0 Å². The van der Waals surface area contributed by atoms with E-state index in [9.17, 15) is 13.6 Å². The Morgan fingerprint density at radius 1 is 1.67 bits per heavy atom. The monoisotopic (exact) mass is 137 g/mol. The fourth-order valence-electron chi connectivity index (χ4n) is 0.316. The Hall–Kier alpha value is -0.670. The van der Waals surface area contributed by atoms with Gasteiger partial charge >= 0.3 is 0 Å². The van der Waals surface area contributed by atoms with Gasteiger partial charge in [-0.2, -0.15) is 0 Å². The van der Waals surface area contributed by atoms with Crippen LogP contribution in [0.3, 0.4) is 0 Å². The molecule has 9 heavy (non-hydrogen) atoms. The van der Waals surface area contributed by atoms with Gasteiger partial charge in [-0.15, -0.1) is 0 Å². The number of hydrogen-bond donors (Lipinski definition) is 1. The Labute approximate surface area is 52.2 Å². The minimum atomic E-state index is -2.75. The van der Waals surface area contributed by atoms with Gasteiger partial charge in [-0.25, -0.2) is 8.78 Å². The molecule has 0 spiro atoms. The fraction of sp³-hybridized carbons (Fsp3) is 0.800. The van der Waals surface area contributed by atoms with Crippen molar-refractivity contribution in [2.75, 3.05) is 6.54 Å². The van der Waals surface area contributed by atoms with Crippen LogP contribution in [0.25, 0.3) is 0 Å². The van der Waals surface area contributed by atoms with Crippen LogP contribution in [0.1, 0.15) is 13.3 Å². The summed E-state index contributed by atoms with van der Waals surface area (Å²) in [5.74, 6) is -2.75. The topological polar surface area (TPSA) is 29.1 Å². The lowest BCUT2D eigenvalue weighted by Gasteiger charge is -2.11. The molecule has 0 heterocycles. The summed E-state index contributed by atoms with van der Waals surface area (Å²) in [4.78, 5) is 9.52. The van der Waals surface area contributed by atoms with Crippen molar-refractivity contribution in [1.29, 1.82) is 0 Å². The van der Waals surface area contributed by atoms with Crippen molar-refractivity contribution in [1.82, 2.24) is 5.32 Å². The van der Waals surface area contributed by atoms with E-state index in [0.29, 0.717) is 0 Å². The predicted octanol–water partition coefficient (Wildman–Crippen LogP) is 0.778. The highest BCUT2D eigenvalue weighted by atomic mass is 19.3. The van der Waals surface area contributed by atoms with E-state index in [1.54, 1.807) is 0 Å². The molecule has 0 fully saturated rings. The van der Waals surface area contributed by atoms with E-state index in [1.807, 2.05) is 5.32 Å². The maximum Gasteiger partial charge on any atom is 0.264 e. The van der Waals surface area contributed by atoms with E-state index in [-0.39, 0.29) is 12.8 Å². The van der Waals surface area contributed by atoms with Gasteiger partial charge in [0.2, 0.25) is 6.41 Å². The molecule has 0 aliphatic rings. The van der Waals surface area contributed by atoms with Crippen LogP contribution in [-0.2, 0) is 4.79 Å². The van der Waals surface area contributed by atoms with Crippen molar-refractivity contribution in [3.63, 3.8) is 0 Å². The van der Waals surface area contributed by atoms with E-state index in [0.717, 1.165) is 0 Å². The van der Waals surface area contributed by atoms with E-state index >= 15 is 0 Å². The predicted molar refractivity (Wildman–Crippen MR) is 29.3 cm³/mol. The number of carbonyl (C=O) groups excluding carboxylic acids is 1. The number of carbonyl (C=O) groups is 1. The van der Waals surface area contributed by atoms with Gasteiger partial charge in [0.1, 0.15) is 0 Å². The smallest absolute Gasteiger partial charge is 0.264 e. The highest BCUT2D eigenvalue weighted by molar-refractivity contribution is 5.45. The average molecular weight is 137 g/mol. The first-order valence-corrected chi connectivity index (χ1v) is 2.67. The number of alkyl halides is 2. The van der Waals surface area contributed by atoms with Crippen molar-refractivity contribution in [3.8, 4) is 0 Å². The molecule has 0 unspecified atom stereocenters. The van der Waals surface area contributed by atoms with E-state index in [1.165, 1.54) is 6.92 Å². The van der Waals surface area contributed by atoms with Crippen molar-refractivity contribution in [2.24, 2.45) is 0 Å². The van der Waals surface area contributed by atoms with Gasteiger partial charge in [-0.1, -0.05) is 6.92 Å². The van der Waals surface area contributed by atoms with Crippen molar-refractivity contribution in [2.45, 2.75) is 19.3 Å². The van der Waals surface area contributed by atoms with E-state index < -0.39 is 12.5 Å². The maximum absolute atomic E-state index is 12.1. The van der Waals surface area contributed by atoms with Crippen molar-refractivity contribution < 1.29 is 13.6 Å². The lowest BCUT2D eigenvalue weighted by Crippen LogP contribution is -2.30. The quantitative estimate of drug-likeness (QED) is 0.570. The molecule has 0 radical (unpaired) electrons. The third-order valence-corrected chi connectivity index (χ3v) is 0.961. The zero-order valence-corrected chi connectivity index (χ0v) is 5.16. The van der Waals surface area contributed by atoms with E-state index in [4.69, 9.17) is 0 Å². The van der Waals surface area contributed by atoms with Crippen molar-refractivity contribution in [3.05, 3.63) is 0 Å². The summed E-state index contributed by atoms with van der Waals surface area (Å²) in [5, 5.41) is 1.91. The number of halogens is 2. The van der Waals surface area contributed by atoms with Crippen LogP contribution >= 0.6 is 0 Å². The number of rotatable bonds is 4. The average Bonchev–Trinajstić information content (AvgIpc) is 1.84. The second-order valence-corrected chi connectivity index (χ2v) is 1.71. The molecular formula is C5H9F2NO. The first kappa shape index (κ1) is 8.33. The Balaban J connectivity index is 3.44. The standard InChI is InChI=1S/C5H9F2NO/c1-2-5(6,7)3-8-4-9/h4H,2-3H2,1H3,(H,8,9). The van der Waals surface area contributed by atoms with Crippen molar-refractivity contribution >= 4 is 6.41 Å². The SMILES string of the molecule is CCC(F)(F)CNC=O. The third-order valence-electron chi connectivity index (χ3n) is 0.961. The zero-order valence-electron chi connectivity index (χ0n) is 5.16. The molecule has 0 aliphatic heterocycles. The van der Waals surface area contributed by atoms with Crippen LogP contribution < -0.4 is 5.32 Å². The molecule has 0 aromatic heterocycles. The molecule has 0 aliphatic carbocycles. The summed E-state index contributed by atoms with van der Waals surface area (Å²) in [6.07, 6.45) is 0.0252. The lowest BCUT2D eigenvalue weighted by molar-refractivity contribution is -0.111. The Morgan fingerprint density at radius 3 is 2.56 bits per heavy atom. The molecule has 2 nitrogen and oxygen atoms in total. The summed E-state index contributed by atoms with van der Waals surface area (Å²) >= 11 is 0. The number of hydrogen-bond acceptors (Lipinski definition) is 1. The molecule has 1 amide bonds. The second-order valence-electron chi connectivity index (χ2n) is 1.71. The van der Waals surface area contributed by atoms with Gasteiger partial charge in [0, 0.05) is 6.42 Å². The third kappa shape index (κ3) is 3.88. The summed E-state index contributed by atoms with van der Waals surface area (Å²) < 4.78 is 24.2. The molecule has 0 aromatic carbocycles. The minimum Gasteiger partial charge on any atom is -0.353 e. The van der Waals surface area contributed by atoms with Crippen LogP contribution in [0, 0.1) is 0 Å². The van der Waals surface area contributed by atoms with Crippen LogP contribution in [0.2, 0.25) is 0 Å². The van der Waals surface area contributed by atoms with Crippen LogP contribution in [0.4, 0.5) is 8.78 Å². The zero-order chi connectivity index (χ0) is 7.33. The highest BCUT2D eigenvalue weighted by Gasteiger charge is 2.24. The minimum absolute atomic E-state index is 0.242. The lowest BCUT2D eigenvalue weighted by atomic mass is 10.3. The fourth-order valence-corrected chi connectivity index (χ4v) is 0.316. The molecular weight excluding hydrogens is 128 g/mol.